The Morgan fingerprint density at radius 3 is 2.40 bits per heavy atom. The van der Waals surface area contributed by atoms with Crippen LogP contribution in [0.2, 0.25) is 10.0 Å². The fraction of sp³-hybridized carbons (Fsp3) is 0.600. The third kappa shape index (κ3) is 4.26. The first-order chi connectivity index (χ1) is 9.50. The van der Waals surface area contributed by atoms with Gasteiger partial charge in [0.1, 0.15) is 5.75 Å². The van der Waals surface area contributed by atoms with Gasteiger partial charge >= 0.3 is 0 Å². The number of nitrogens with one attached hydrogen (secondary N) is 1. The highest BCUT2D eigenvalue weighted by Gasteiger charge is 2.27. The van der Waals surface area contributed by atoms with Crippen molar-refractivity contribution in [1.29, 1.82) is 0 Å². The number of halogens is 2. The summed E-state index contributed by atoms with van der Waals surface area (Å²) in [5.74, 6) is 0.0522. The van der Waals surface area contributed by atoms with E-state index in [2.05, 4.69) is 5.32 Å². The lowest BCUT2D eigenvalue weighted by atomic mass is 9.94. The molecule has 1 aromatic rings. The predicted molar refractivity (Wildman–Crippen MR) is 82.5 cm³/mol. The molecule has 3 N–H and O–H groups in total. The van der Waals surface area contributed by atoms with Gasteiger partial charge in [-0.25, -0.2) is 0 Å². The van der Waals surface area contributed by atoms with Crippen LogP contribution in [0.5, 0.6) is 5.75 Å². The van der Waals surface area contributed by atoms with Crippen LogP contribution in [0.15, 0.2) is 12.1 Å². The second kappa shape index (κ2) is 6.99. The summed E-state index contributed by atoms with van der Waals surface area (Å²) in [5.41, 5.74) is 0.0221. The zero-order chi connectivity index (χ0) is 14.6. The summed E-state index contributed by atoms with van der Waals surface area (Å²) >= 11 is 11.8. The molecule has 0 radical (unpaired) electrons. The minimum absolute atomic E-state index is 0.0522. The summed E-state index contributed by atoms with van der Waals surface area (Å²) < 4.78 is 0. The largest absolute Gasteiger partial charge is 0.506 e. The topological polar surface area (TPSA) is 52.5 Å². The van der Waals surface area contributed by atoms with Gasteiger partial charge in [0, 0.05) is 23.7 Å². The van der Waals surface area contributed by atoms with Crippen molar-refractivity contribution in [3.63, 3.8) is 0 Å². The Bertz CT molecular complexity index is 457. The lowest BCUT2D eigenvalue weighted by molar-refractivity contribution is 0.0250. The normalized spacial score (nSPS) is 18.8. The maximum absolute atomic E-state index is 10.5. The third-order valence-electron chi connectivity index (χ3n) is 3.91. The molecule has 1 aliphatic carbocycles. The van der Waals surface area contributed by atoms with Gasteiger partial charge in [-0.2, -0.15) is 0 Å². The fourth-order valence-electron chi connectivity index (χ4n) is 2.75. The van der Waals surface area contributed by atoms with Gasteiger partial charge in [0.25, 0.3) is 0 Å². The number of phenolic OH excluding ortho intramolecular Hbond substituents is 1. The van der Waals surface area contributed by atoms with Crippen LogP contribution in [0.1, 0.15) is 44.1 Å². The van der Waals surface area contributed by atoms with Crippen LogP contribution < -0.4 is 5.32 Å². The Morgan fingerprint density at radius 1 is 1.10 bits per heavy atom. The van der Waals surface area contributed by atoms with Crippen molar-refractivity contribution in [3.05, 3.63) is 27.7 Å². The standard InChI is InChI=1S/C15H21Cl2NO2/c16-12-7-11(14(19)13(17)8-12)9-18-10-15(20)5-3-1-2-4-6-15/h7-8,18-20H,1-6,9-10H2. The molecule has 5 heteroatoms. The molecule has 1 fully saturated rings. The molecule has 3 nitrogen and oxygen atoms in total. The predicted octanol–water partition coefficient (Wildman–Crippen LogP) is 3.87. The van der Waals surface area contributed by atoms with Gasteiger partial charge in [-0.15, -0.1) is 0 Å². The Kier molecular flexibility index (Phi) is 5.56. The first kappa shape index (κ1) is 15.9. The van der Waals surface area contributed by atoms with E-state index >= 15 is 0 Å². The number of aromatic hydroxyl groups is 1. The molecule has 0 aliphatic heterocycles. The first-order valence-corrected chi connectivity index (χ1v) is 7.86. The molecule has 0 spiro atoms. The van der Waals surface area contributed by atoms with Crippen LogP contribution in [0, 0.1) is 0 Å². The van der Waals surface area contributed by atoms with Gasteiger partial charge < -0.3 is 15.5 Å². The molecule has 0 amide bonds. The van der Waals surface area contributed by atoms with Gasteiger partial charge in [0.15, 0.2) is 0 Å². The van der Waals surface area contributed by atoms with E-state index in [-0.39, 0.29) is 10.8 Å². The van der Waals surface area contributed by atoms with Crippen molar-refractivity contribution in [1.82, 2.24) is 5.32 Å². The molecular weight excluding hydrogens is 297 g/mol. The molecule has 0 bridgehead atoms. The summed E-state index contributed by atoms with van der Waals surface area (Å²) in [5, 5.41) is 24.4. The van der Waals surface area contributed by atoms with Crippen molar-refractivity contribution in [2.75, 3.05) is 6.54 Å². The van der Waals surface area contributed by atoms with Crippen molar-refractivity contribution in [2.45, 2.75) is 50.7 Å². The summed E-state index contributed by atoms with van der Waals surface area (Å²) in [7, 11) is 0. The number of benzene rings is 1. The van der Waals surface area contributed by atoms with E-state index < -0.39 is 5.60 Å². The second-order valence-corrected chi connectivity index (χ2v) is 6.48. The van der Waals surface area contributed by atoms with Gasteiger partial charge in [-0.3, -0.25) is 0 Å². The first-order valence-electron chi connectivity index (χ1n) is 7.10. The van der Waals surface area contributed by atoms with Crippen LogP contribution in [0.25, 0.3) is 0 Å². The highest BCUT2D eigenvalue weighted by molar-refractivity contribution is 6.35. The average molecular weight is 318 g/mol. The van der Waals surface area contributed by atoms with Crippen molar-refractivity contribution in [3.8, 4) is 5.75 Å². The smallest absolute Gasteiger partial charge is 0.138 e. The average Bonchev–Trinajstić information content (AvgIpc) is 2.60. The number of phenols is 1. The summed E-state index contributed by atoms with van der Waals surface area (Å²) in [6.45, 7) is 0.963. The molecule has 1 aliphatic rings. The zero-order valence-electron chi connectivity index (χ0n) is 11.5. The Labute approximate surface area is 129 Å². The van der Waals surface area contributed by atoms with E-state index in [9.17, 15) is 10.2 Å². The quantitative estimate of drug-likeness (QED) is 0.739. The number of hydrogen-bond acceptors (Lipinski definition) is 3. The molecule has 112 valence electrons. The molecule has 2 rings (SSSR count). The number of rotatable bonds is 4. The highest BCUT2D eigenvalue weighted by atomic mass is 35.5. The Morgan fingerprint density at radius 2 is 1.75 bits per heavy atom. The SMILES string of the molecule is Oc1c(Cl)cc(Cl)cc1CNCC1(O)CCCCCC1. The van der Waals surface area contributed by atoms with E-state index in [1.54, 1.807) is 6.07 Å². The molecular formula is C15H21Cl2NO2. The lowest BCUT2D eigenvalue weighted by Crippen LogP contribution is -2.39. The van der Waals surface area contributed by atoms with Crippen LogP contribution in [-0.4, -0.2) is 22.4 Å². The van der Waals surface area contributed by atoms with E-state index in [1.807, 2.05) is 0 Å². The van der Waals surface area contributed by atoms with Crippen LogP contribution in [0.4, 0.5) is 0 Å². The zero-order valence-corrected chi connectivity index (χ0v) is 13.0. The molecule has 0 saturated heterocycles. The molecule has 0 aromatic heterocycles. The van der Waals surface area contributed by atoms with Gasteiger partial charge in [0.2, 0.25) is 0 Å². The maximum Gasteiger partial charge on any atom is 0.138 e. The second-order valence-electron chi connectivity index (χ2n) is 5.64. The van der Waals surface area contributed by atoms with Gasteiger partial charge in [-0.1, -0.05) is 48.9 Å². The minimum Gasteiger partial charge on any atom is -0.506 e. The molecule has 1 saturated carbocycles. The van der Waals surface area contributed by atoms with Crippen molar-refractivity contribution < 1.29 is 10.2 Å². The molecule has 0 unspecified atom stereocenters. The Balaban J connectivity index is 1.92. The minimum atomic E-state index is -0.630. The molecule has 0 atom stereocenters. The van der Waals surface area contributed by atoms with Crippen LogP contribution in [-0.2, 0) is 6.54 Å². The number of aliphatic hydroxyl groups is 1. The summed E-state index contributed by atoms with van der Waals surface area (Å²) in [6, 6.07) is 3.20. The highest BCUT2D eigenvalue weighted by Crippen LogP contribution is 2.31. The maximum atomic E-state index is 10.5. The third-order valence-corrected chi connectivity index (χ3v) is 4.42. The van der Waals surface area contributed by atoms with E-state index in [0.29, 0.717) is 23.7 Å². The van der Waals surface area contributed by atoms with E-state index in [0.717, 1.165) is 25.7 Å². The van der Waals surface area contributed by atoms with Gasteiger partial charge in [-0.05, 0) is 25.0 Å². The Hall–Kier alpha value is -0.480. The van der Waals surface area contributed by atoms with Crippen molar-refractivity contribution >= 4 is 23.2 Å². The summed E-state index contributed by atoms with van der Waals surface area (Å²) in [4.78, 5) is 0. The van der Waals surface area contributed by atoms with E-state index in [1.165, 1.54) is 18.9 Å². The monoisotopic (exact) mass is 317 g/mol. The van der Waals surface area contributed by atoms with Crippen LogP contribution >= 0.6 is 23.2 Å². The summed E-state index contributed by atoms with van der Waals surface area (Å²) in [6.07, 6.45) is 6.23. The number of hydrogen-bond donors (Lipinski definition) is 3. The van der Waals surface area contributed by atoms with Crippen LogP contribution in [0.3, 0.4) is 0 Å². The molecule has 0 heterocycles. The lowest BCUT2D eigenvalue weighted by Gasteiger charge is -2.27. The molecule has 20 heavy (non-hydrogen) atoms. The van der Waals surface area contributed by atoms with Gasteiger partial charge in [0.05, 0.1) is 10.6 Å². The van der Waals surface area contributed by atoms with Crippen molar-refractivity contribution in [2.24, 2.45) is 0 Å². The fourth-order valence-corrected chi connectivity index (χ4v) is 3.28. The van der Waals surface area contributed by atoms with E-state index in [4.69, 9.17) is 23.2 Å². The molecule has 1 aromatic carbocycles.